The Hall–Kier alpha value is -2.80. The fourth-order valence-corrected chi connectivity index (χ4v) is 2.70. The second-order valence-corrected chi connectivity index (χ2v) is 5.89. The molecule has 1 atom stereocenters. The molecule has 2 aromatic rings. The highest BCUT2D eigenvalue weighted by atomic mass is 16.5. The van der Waals surface area contributed by atoms with Crippen molar-refractivity contribution in [3.8, 4) is 5.75 Å². The molecule has 1 aliphatic rings. The summed E-state index contributed by atoms with van der Waals surface area (Å²) in [5.41, 5.74) is 0.571. The minimum absolute atomic E-state index is 0.0279. The third-order valence-corrected chi connectivity index (χ3v) is 4.02. The van der Waals surface area contributed by atoms with Gasteiger partial charge in [0.25, 0.3) is 11.8 Å². The van der Waals surface area contributed by atoms with Crippen LogP contribution in [0.1, 0.15) is 17.5 Å². The first kappa shape index (κ1) is 17.0. The summed E-state index contributed by atoms with van der Waals surface area (Å²) in [6.45, 7) is 4.25. The zero-order chi connectivity index (χ0) is 17.6. The number of nitrogens with zero attached hydrogens (tertiary/aromatic N) is 1. The number of hydrogen-bond donors (Lipinski definition) is 2. The number of amides is 2. The number of piperazine rings is 1. The molecule has 2 heterocycles. The zero-order valence-corrected chi connectivity index (χ0v) is 14.0. The van der Waals surface area contributed by atoms with E-state index in [9.17, 15) is 9.59 Å². The van der Waals surface area contributed by atoms with E-state index in [1.165, 1.54) is 6.26 Å². The van der Waals surface area contributed by atoms with Gasteiger partial charge < -0.3 is 24.7 Å². The molecule has 25 heavy (non-hydrogen) atoms. The minimum Gasteiger partial charge on any atom is -0.484 e. The standard InChI is InChI=1S/C18H21N3O4/c1-13-11-19-7-8-21(13)17(22)12-25-15-5-2-4-14(10-15)20-18(23)16-6-3-9-24-16/h2-6,9-10,13,19H,7-8,11-12H2,1H3,(H,20,23)/t13-/m0/s1. The molecule has 0 radical (unpaired) electrons. The molecule has 2 N–H and O–H groups in total. The van der Waals surface area contributed by atoms with Gasteiger partial charge in [-0.2, -0.15) is 0 Å². The Kier molecular flexibility index (Phi) is 5.35. The molecule has 0 aliphatic carbocycles. The van der Waals surface area contributed by atoms with Gasteiger partial charge >= 0.3 is 0 Å². The first-order valence-electron chi connectivity index (χ1n) is 8.21. The van der Waals surface area contributed by atoms with Crippen LogP contribution >= 0.6 is 0 Å². The van der Waals surface area contributed by atoms with E-state index in [2.05, 4.69) is 10.6 Å². The molecule has 0 unspecified atom stereocenters. The van der Waals surface area contributed by atoms with Crippen molar-refractivity contribution in [2.75, 3.05) is 31.6 Å². The maximum Gasteiger partial charge on any atom is 0.291 e. The Morgan fingerprint density at radius 1 is 1.36 bits per heavy atom. The molecular formula is C18H21N3O4. The van der Waals surface area contributed by atoms with Crippen molar-refractivity contribution < 1.29 is 18.7 Å². The first-order chi connectivity index (χ1) is 12.1. The first-order valence-corrected chi connectivity index (χ1v) is 8.21. The summed E-state index contributed by atoms with van der Waals surface area (Å²) in [5.74, 6) is 0.370. The molecule has 0 spiro atoms. The fraction of sp³-hybridized carbons (Fsp3) is 0.333. The summed E-state index contributed by atoms with van der Waals surface area (Å²) >= 11 is 0. The van der Waals surface area contributed by atoms with Crippen molar-refractivity contribution >= 4 is 17.5 Å². The van der Waals surface area contributed by atoms with Crippen molar-refractivity contribution in [1.82, 2.24) is 10.2 Å². The predicted molar refractivity (Wildman–Crippen MR) is 92.6 cm³/mol. The predicted octanol–water partition coefficient (Wildman–Crippen LogP) is 1.73. The monoisotopic (exact) mass is 343 g/mol. The van der Waals surface area contributed by atoms with Gasteiger partial charge in [-0.15, -0.1) is 0 Å². The second-order valence-electron chi connectivity index (χ2n) is 5.89. The number of hydrogen-bond acceptors (Lipinski definition) is 5. The van der Waals surface area contributed by atoms with Gasteiger partial charge in [-0.3, -0.25) is 9.59 Å². The highest BCUT2D eigenvalue weighted by Gasteiger charge is 2.23. The number of nitrogens with one attached hydrogen (secondary N) is 2. The molecule has 1 saturated heterocycles. The van der Waals surface area contributed by atoms with E-state index in [0.717, 1.165) is 13.1 Å². The third kappa shape index (κ3) is 4.39. The lowest BCUT2D eigenvalue weighted by Crippen LogP contribution is -2.53. The lowest BCUT2D eigenvalue weighted by molar-refractivity contribution is -0.136. The molecule has 2 amide bonds. The van der Waals surface area contributed by atoms with Crippen LogP contribution in [0.3, 0.4) is 0 Å². The Labute approximate surface area is 145 Å². The van der Waals surface area contributed by atoms with Crippen molar-refractivity contribution in [2.24, 2.45) is 0 Å². The number of carbonyl (C=O) groups is 2. The summed E-state index contributed by atoms with van der Waals surface area (Å²) in [4.78, 5) is 26.1. The van der Waals surface area contributed by atoms with Crippen LogP contribution in [0.5, 0.6) is 5.75 Å². The minimum atomic E-state index is -0.340. The van der Waals surface area contributed by atoms with Gasteiger partial charge in [-0.05, 0) is 31.2 Å². The summed E-state index contributed by atoms with van der Waals surface area (Å²) in [6.07, 6.45) is 1.44. The molecule has 1 aromatic heterocycles. The summed E-state index contributed by atoms with van der Waals surface area (Å²) in [6, 6.07) is 10.3. The largest absolute Gasteiger partial charge is 0.484 e. The average Bonchev–Trinajstić information content (AvgIpc) is 3.15. The van der Waals surface area contributed by atoms with Gasteiger partial charge in [-0.25, -0.2) is 0 Å². The Bertz CT molecular complexity index is 730. The molecule has 132 valence electrons. The number of rotatable bonds is 5. The Morgan fingerprint density at radius 2 is 2.24 bits per heavy atom. The molecule has 3 rings (SSSR count). The van der Waals surface area contributed by atoms with Crippen LogP contribution in [0.4, 0.5) is 5.69 Å². The van der Waals surface area contributed by atoms with Crippen LogP contribution in [-0.4, -0.2) is 49.0 Å². The molecule has 1 fully saturated rings. The van der Waals surface area contributed by atoms with Crippen LogP contribution in [0.25, 0.3) is 0 Å². The fourth-order valence-electron chi connectivity index (χ4n) is 2.70. The van der Waals surface area contributed by atoms with E-state index in [1.807, 2.05) is 11.8 Å². The highest BCUT2D eigenvalue weighted by molar-refractivity contribution is 6.02. The van der Waals surface area contributed by atoms with E-state index in [4.69, 9.17) is 9.15 Å². The molecular weight excluding hydrogens is 322 g/mol. The van der Waals surface area contributed by atoms with Crippen molar-refractivity contribution in [3.63, 3.8) is 0 Å². The van der Waals surface area contributed by atoms with Crippen molar-refractivity contribution in [1.29, 1.82) is 0 Å². The van der Waals surface area contributed by atoms with Crippen LogP contribution in [0.15, 0.2) is 47.1 Å². The average molecular weight is 343 g/mol. The van der Waals surface area contributed by atoms with Crippen LogP contribution in [0, 0.1) is 0 Å². The number of furan rings is 1. The van der Waals surface area contributed by atoms with E-state index in [0.29, 0.717) is 18.0 Å². The Balaban J connectivity index is 1.56. The van der Waals surface area contributed by atoms with E-state index in [-0.39, 0.29) is 30.2 Å². The summed E-state index contributed by atoms with van der Waals surface area (Å²) in [5, 5.41) is 5.97. The third-order valence-electron chi connectivity index (χ3n) is 4.02. The zero-order valence-electron chi connectivity index (χ0n) is 14.0. The topological polar surface area (TPSA) is 83.8 Å². The lowest BCUT2D eigenvalue weighted by atomic mass is 10.2. The molecule has 0 bridgehead atoms. The number of benzene rings is 1. The van der Waals surface area contributed by atoms with Gasteiger partial charge in [-0.1, -0.05) is 6.07 Å². The molecule has 7 heteroatoms. The normalized spacial score (nSPS) is 17.2. The smallest absolute Gasteiger partial charge is 0.291 e. The Morgan fingerprint density at radius 3 is 3.00 bits per heavy atom. The van der Waals surface area contributed by atoms with Crippen LogP contribution in [0.2, 0.25) is 0 Å². The molecule has 0 saturated carbocycles. The van der Waals surface area contributed by atoms with Crippen LogP contribution in [-0.2, 0) is 4.79 Å². The lowest BCUT2D eigenvalue weighted by Gasteiger charge is -2.33. The van der Waals surface area contributed by atoms with Crippen molar-refractivity contribution in [3.05, 3.63) is 48.4 Å². The van der Waals surface area contributed by atoms with E-state index >= 15 is 0 Å². The van der Waals surface area contributed by atoms with Gasteiger partial charge in [0.15, 0.2) is 12.4 Å². The highest BCUT2D eigenvalue weighted by Crippen LogP contribution is 2.18. The molecule has 7 nitrogen and oxygen atoms in total. The van der Waals surface area contributed by atoms with Gasteiger partial charge in [0.1, 0.15) is 5.75 Å². The maximum absolute atomic E-state index is 12.3. The summed E-state index contributed by atoms with van der Waals surface area (Å²) < 4.78 is 10.7. The summed E-state index contributed by atoms with van der Waals surface area (Å²) in [7, 11) is 0. The number of anilines is 1. The molecule has 1 aromatic carbocycles. The SMILES string of the molecule is C[C@H]1CNCCN1C(=O)COc1cccc(NC(=O)c2ccco2)c1. The maximum atomic E-state index is 12.3. The second kappa shape index (κ2) is 7.85. The number of ether oxygens (including phenoxy) is 1. The van der Waals surface area contributed by atoms with Crippen molar-refractivity contribution in [2.45, 2.75) is 13.0 Å². The van der Waals surface area contributed by atoms with Gasteiger partial charge in [0, 0.05) is 37.4 Å². The quantitative estimate of drug-likeness (QED) is 0.864. The van der Waals surface area contributed by atoms with E-state index in [1.54, 1.807) is 36.4 Å². The van der Waals surface area contributed by atoms with Gasteiger partial charge in [0.05, 0.1) is 6.26 Å². The van der Waals surface area contributed by atoms with E-state index < -0.39 is 0 Å². The molecule has 1 aliphatic heterocycles. The number of carbonyl (C=O) groups excluding carboxylic acids is 2. The van der Waals surface area contributed by atoms with Gasteiger partial charge in [0.2, 0.25) is 0 Å². The van der Waals surface area contributed by atoms with Crippen LogP contribution < -0.4 is 15.4 Å².